The molecule has 32 heavy (non-hydrogen) atoms. The maximum Gasteiger partial charge on any atom is 0.390 e. The van der Waals surface area contributed by atoms with Crippen LogP contribution in [0.4, 0.5) is 18.9 Å². The lowest BCUT2D eigenvalue weighted by Crippen LogP contribution is -2.27. The van der Waals surface area contributed by atoms with E-state index in [1.807, 2.05) is 29.7 Å². The second-order valence-electron chi connectivity index (χ2n) is 8.34. The summed E-state index contributed by atoms with van der Waals surface area (Å²) in [5.74, 6) is 0.446. The molecule has 0 unspecified atom stereocenters. The number of hydrogen-bond donors (Lipinski definition) is 2. The van der Waals surface area contributed by atoms with Crippen LogP contribution in [0, 0.1) is 12.8 Å². The number of anilines is 1. The van der Waals surface area contributed by atoms with Crippen LogP contribution in [-0.4, -0.2) is 34.1 Å². The third-order valence-corrected chi connectivity index (χ3v) is 5.78. The molecule has 1 aliphatic carbocycles. The quantitative estimate of drug-likeness (QED) is 0.511. The highest BCUT2D eigenvalue weighted by atomic mass is 19.4. The number of nitrogens with zero attached hydrogens (tertiary/aromatic N) is 2. The van der Waals surface area contributed by atoms with Crippen LogP contribution in [0.15, 0.2) is 43.2 Å². The molecule has 0 radical (unpaired) electrons. The lowest BCUT2D eigenvalue weighted by Gasteiger charge is -2.12. The van der Waals surface area contributed by atoms with Crippen molar-refractivity contribution in [2.45, 2.75) is 38.9 Å². The Balaban J connectivity index is 1.64. The van der Waals surface area contributed by atoms with Gasteiger partial charge in [-0.15, -0.1) is 0 Å². The van der Waals surface area contributed by atoms with Gasteiger partial charge in [0.05, 0.1) is 24.0 Å². The molecule has 2 atom stereocenters. The summed E-state index contributed by atoms with van der Waals surface area (Å²) in [5, 5.41) is 5.88. The van der Waals surface area contributed by atoms with Crippen molar-refractivity contribution in [1.29, 1.82) is 0 Å². The molecule has 1 fully saturated rings. The molecule has 0 saturated heterocycles. The van der Waals surface area contributed by atoms with E-state index in [4.69, 9.17) is 0 Å². The molecule has 1 aromatic carbocycles. The third-order valence-electron chi connectivity index (χ3n) is 5.78. The van der Waals surface area contributed by atoms with Gasteiger partial charge in [-0.3, -0.25) is 9.20 Å². The Morgan fingerprint density at radius 3 is 2.72 bits per heavy atom. The molecule has 8 heteroatoms. The monoisotopic (exact) mass is 442 g/mol. The van der Waals surface area contributed by atoms with Crippen molar-refractivity contribution in [3.8, 4) is 11.3 Å². The van der Waals surface area contributed by atoms with Crippen molar-refractivity contribution in [3.05, 3.63) is 59.9 Å². The summed E-state index contributed by atoms with van der Waals surface area (Å²) in [6, 6.07) is 7.56. The Hall–Kier alpha value is -3.29. The fourth-order valence-corrected chi connectivity index (χ4v) is 3.75. The number of aryl methyl sites for hydroxylation is 1. The zero-order chi connectivity index (χ0) is 23.0. The minimum Gasteiger partial charge on any atom is -0.382 e. The molecule has 3 aromatic rings. The number of rotatable bonds is 7. The maximum absolute atomic E-state index is 12.6. The second kappa shape index (κ2) is 8.33. The number of nitrogens with one attached hydrogen (secondary N) is 2. The average Bonchev–Trinajstić information content (AvgIpc) is 3.24. The summed E-state index contributed by atoms with van der Waals surface area (Å²) in [6.45, 7) is 7.53. The second-order valence-corrected chi connectivity index (χ2v) is 8.34. The predicted molar refractivity (Wildman–Crippen MR) is 120 cm³/mol. The Morgan fingerprint density at radius 1 is 1.34 bits per heavy atom. The number of benzene rings is 1. The van der Waals surface area contributed by atoms with E-state index in [2.05, 4.69) is 29.1 Å². The molecule has 2 N–H and O–H groups in total. The van der Waals surface area contributed by atoms with Gasteiger partial charge in [-0.25, -0.2) is 4.98 Å². The van der Waals surface area contributed by atoms with E-state index in [0.29, 0.717) is 22.8 Å². The Kier molecular flexibility index (Phi) is 5.71. The molecule has 1 saturated carbocycles. The fourth-order valence-electron chi connectivity index (χ4n) is 3.75. The molecule has 0 bridgehead atoms. The summed E-state index contributed by atoms with van der Waals surface area (Å²) in [4.78, 5) is 17.0. The number of imidazole rings is 1. The van der Waals surface area contributed by atoms with Crippen LogP contribution in [-0.2, 0) is 0 Å². The van der Waals surface area contributed by atoms with Gasteiger partial charge in [0.15, 0.2) is 5.65 Å². The van der Waals surface area contributed by atoms with Crippen molar-refractivity contribution < 1.29 is 18.0 Å². The average molecular weight is 442 g/mol. The van der Waals surface area contributed by atoms with Crippen LogP contribution in [0.25, 0.3) is 23.0 Å². The van der Waals surface area contributed by atoms with Crippen LogP contribution < -0.4 is 10.6 Å². The summed E-state index contributed by atoms with van der Waals surface area (Å²) in [7, 11) is 0. The summed E-state index contributed by atoms with van der Waals surface area (Å²) < 4.78 is 39.5. The van der Waals surface area contributed by atoms with E-state index in [1.165, 1.54) is 0 Å². The Morgan fingerprint density at radius 2 is 2.09 bits per heavy atom. The van der Waals surface area contributed by atoms with Crippen LogP contribution in [0.1, 0.15) is 41.3 Å². The van der Waals surface area contributed by atoms with Crippen molar-refractivity contribution in [2.24, 2.45) is 5.92 Å². The molecular formula is C24H25F3N4O. The highest BCUT2D eigenvalue weighted by molar-refractivity contribution is 5.96. The van der Waals surface area contributed by atoms with Crippen molar-refractivity contribution in [1.82, 2.24) is 14.7 Å². The number of carbonyl (C=O) groups is 1. The molecule has 168 valence electrons. The van der Waals surface area contributed by atoms with Crippen LogP contribution in [0.5, 0.6) is 0 Å². The summed E-state index contributed by atoms with van der Waals surface area (Å²) in [5.41, 5.74) is 4.87. The predicted octanol–water partition coefficient (Wildman–Crippen LogP) is 5.46. The number of pyridine rings is 1. The van der Waals surface area contributed by atoms with E-state index in [1.54, 1.807) is 24.4 Å². The van der Waals surface area contributed by atoms with Gasteiger partial charge < -0.3 is 10.6 Å². The molecule has 2 aromatic heterocycles. The number of alkyl halides is 3. The van der Waals surface area contributed by atoms with Crippen LogP contribution in [0.2, 0.25) is 0 Å². The highest BCUT2D eigenvalue weighted by Gasteiger charge is 2.34. The van der Waals surface area contributed by atoms with Gasteiger partial charge in [-0.1, -0.05) is 25.6 Å². The van der Waals surface area contributed by atoms with Gasteiger partial charge in [-0.2, -0.15) is 13.2 Å². The molecular weight excluding hydrogens is 417 g/mol. The molecule has 1 amide bonds. The number of aromatic nitrogens is 2. The topological polar surface area (TPSA) is 58.4 Å². The van der Waals surface area contributed by atoms with Gasteiger partial charge in [0.25, 0.3) is 5.91 Å². The molecule has 4 rings (SSSR count). The lowest BCUT2D eigenvalue weighted by atomic mass is 10.0. The molecule has 1 aliphatic rings. The van der Waals surface area contributed by atoms with Crippen molar-refractivity contribution >= 4 is 23.3 Å². The molecule has 0 spiro atoms. The smallest absolute Gasteiger partial charge is 0.382 e. The zero-order valence-electron chi connectivity index (χ0n) is 18.0. The number of amides is 1. The SMILES string of the molecule is C=Cc1cc(NCCC(F)(F)F)c2ncc(-c3ccc(C(=O)N[C@H]4C[C@@H]4C)c(C)c3)n2c1. The Labute approximate surface area is 184 Å². The number of fused-ring (bicyclic) bond motifs is 1. The molecule has 2 heterocycles. The number of hydrogen-bond acceptors (Lipinski definition) is 3. The minimum atomic E-state index is -4.23. The highest BCUT2D eigenvalue weighted by Crippen LogP contribution is 2.31. The zero-order valence-corrected chi connectivity index (χ0v) is 18.0. The van der Waals surface area contributed by atoms with Gasteiger partial charge in [0, 0.05) is 29.9 Å². The number of halogens is 3. The fraction of sp³-hybridized carbons (Fsp3) is 0.333. The maximum atomic E-state index is 12.6. The first-order chi connectivity index (χ1) is 15.2. The van der Waals surface area contributed by atoms with E-state index < -0.39 is 12.6 Å². The first-order valence-corrected chi connectivity index (χ1v) is 10.5. The van der Waals surface area contributed by atoms with Crippen LogP contribution in [0.3, 0.4) is 0 Å². The van der Waals surface area contributed by atoms with Gasteiger partial charge in [-0.05, 0) is 48.6 Å². The first-order valence-electron chi connectivity index (χ1n) is 10.5. The van der Waals surface area contributed by atoms with E-state index >= 15 is 0 Å². The van der Waals surface area contributed by atoms with Gasteiger partial charge in [0.1, 0.15) is 0 Å². The van der Waals surface area contributed by atoms with Gasteiger partial charge in [0.2, 0.25) is 0 Å². The van der Waals surface area contributed by atoms with Crippen LogP contribution >= 0.6 is 0 Å². The van der Waals surface area contributed by atoms with Gasteiger partial charge >= 0.3 is 6.18 Å². The van der Waals surface area contributed by atoms with E-state index in [9.17, 15) is 18.0 Å². The third kappa shape index (κ3) is 4.64. The number of carbonyl (C=O) groups excluding carboxylic acids is 1. The van der Waals surface area contributed by atoms with Crippen molar-refractivity contribution in [3.63, 3.8) is 0 Å². The van der Waals surface area contributed by atoms with E-state index in [-0.39, 0.29) is 18.5 Å². The standard InChI is InChI=1S/C24H25F3N4O/c1-4-16-11-20(28-8-7-24(25,26)27)22-29-12-21(31(22)13-16)17-5-6-18(14(2)9-17)23(32)30-19-10-15(19)3/h4-6,9,11-13,15,19,28H,1,7-8,10H2,2-3H3,(H,30,32)/t15-,19-/m0/s1. The summed E-state index contributed by atoms with van der Waals surface area (Å²) >= 11 is 0. The van der Waals surface area contributed by atoms with Crippen molar-refractivity contribution in [2.75, 3.05) is 11.9 Å². The van der Waals surface area contributed by atoms with E-state index in [0.717, 1.165) is 28.8 Å². The largest absolute Gasteiger partial charge is 0.390 e. The first kappa shape index (κ1) is 21.9. The minimum absolute atomic E-state index is 0.0772. The molecule has 5 nitrogen and oxygen atoms in total. The Bertz CT molecular complexity index is 1180. The normalized spacial score (nSPS) is 17.9. The lowest BCUT2D eigenvalue weighted by molar-refractivity contribution is -0.131. The molecule has 0 aliphatic heterocycles. The summed E-state index contributed by atoms with van der Waals surface area (Å²) in [6.07, 6.45) is 0.989.